The van der Waals surface area contributed by atoms with Crippen molar-refractivity contribution in [2.24, 2.45) is 0 Å². The molecule has 0 aliphatic carbocycles. The van der Waals surface area contributed by atoms with Crippen LogP contribution in [0.5, 0.6) is 5.75 Å². The van der Waals surface area contributed by atoms with E-state index in [1.807, 2.05) is 6.07 Å². The number of para-hydroxylation sites is 1. The highest BCUT2D eigenvalue weighted by Gasteiger charge is 2.12. The van der Waals surface area contributed by atoms with Crippen LogP contribution in [0.25, 0.3) is 11.0 Å². The molecular formula is C13H13NO4. The van der Waals surface area contributed by atoms with Gasteiger partial charge >= 0.3 is 5.97 Å². The number of carbonyl (C=O) groups is 2. The van der Waals surface area contributed by atoms with E-state index in [0.29, 0.717) is 17.9 Å². The molecule has 18 heavy (non-hydrogen) atoms. The van der Waals surface area contributed by atoms with E-state index in [1.54, 1.807) is 18.4 Å². The van der Waals surface area contributed by atoms with Gasteiger partial charge in [0.1, 0.15) is 0 Å². The van der Waals surface area contributed by atoms with Crippen molar-refractivity contribution in [3.63, 3.8) is 0 Å². The maximum atomic E-state index is 11.0. The third kappa shape index (κ3) is 2.51. The molecule has 2 rings (SSSR count). The summed E-state index contributed by atoms with van der Waals surface area (Å²) < 4.78 is 10.4. The zero-order valence-electron chi connectivity index (χ0n) is 10.1. The van der Waals surface area contributed by atoms with Crippen LogP contribution in [0.4, 0.5) is 0 Å². The van der Waals surface area contributed by atoms with Crippen LogP contribution in [0, 0.1) is 0 Å². The average molecular weight is 247 g/mol. The van der Waals surface area contributed by atoms with Gasteiger partial charge in [-0.3, -0.25) is 9.59 Å². The number of furan rings is 1. The van der Waals surface area contributed by atoms with E-state index in [9.17, 15) is 9.59 Å². The second-order valence-electron chi connectivity index (χ2n) is 3.90. The average Bonchev–Trinajstić information content (AvgIpc) is 2.70. The largest absolute Gasteiger partial charge is 0.460 e. The van der Waals surface area contributed by atoms with Gasteiger partial charge in [0, 0.05) is 31.3 Å². The Bertz CT molecular complexity index is 600. The monoisotopic (exact) mass is 247 g/mol. The van der Waals surface area contributed by atoms with Crippen molar-refractivity contribution < 1.29 is 18.7 Å². The zero-order chi connectivity index (χ0) is 13.1. The summed E-state index contributed by atoms with van der Waals surface area (Å²) in [4.78, 5) is 21.8. The standard InChI is InChI=1S/C13H13NO4/c1-8(15)14-6-10-7-17-13-11(10)4-3-5-12(13)18-9(2)16/h3-5,7H,6H2,1-2H3,(H,14,15). The normalized spacial score (nSPS) is 10.3. The number of ether oxygens (including phenoxy) is 1. The highest BCUT2D eigenvalue weighted by molar-refractivity contribution is 5.88. The molecular weight excluding hydrogens is 234 g/mol. The molecule has 0 spiro atoms. The Morgan fingerprint density at radius 3 is 2.78 bits per heavy atom. The van der Waals surface area contributed by atoms with E-state index in [1.165, 1.54) is 13.8 Å². The number of esters is 1. The van der Waals surface area contributed by atoms with Gasteiger partial charge in [-0.15, -0.1) is 0 Å². The minimum Gasteiger partial charge on any atom is -0.460 e. The molecule has 0 aliphatic heterocycles. The van der Waals surface area contributed by atoms with Crippen molar-refractivity contribution in [2.75, 3.05) is 0 Å². The Morgan fingerprint density at radius 1 is 1.33 bits per heavy atom. The fourth-order valence-corrected chi connectivity index (χ4v) is 1.68. The maximum Gasteiger partial charge on any atom is 0.308 e. The second-order valence-corrected chi connectivity index (χ2v) is 3.90. The van der Waals surface area contributed by atoms with Gasteiger partial charge < -0.3 is 14.5 Å². The molecule has 0 unspecified atom stereocenters. The molecule has 0 bridgehead atoms. The Hall–Kier alpha value is -2.30. The lowest BCUT2D eigenvalue weighted by Crippen LogP contribution is -2.18. The number of amides is 1. The number of benzene rings is 1. The third-order valence-corrected chi connectivity index (χ3v) is 2.43. The van der Waals surface area contributed by atoms with Gasteiger partial charge in [0.05, 0.1) is 6.26 Å². The van der Waals surface area contributed by atoms with Gasteiger partial charge in [0.15, 0.2) is 11.3 Å². The van der Waals surface area contributed by atoms with Gasteiger partial charge in [0.2, 0.25) is 5.91 Å². The van der Waals surface area contributed by atoms with Gasteiger partial charge in [-0.2, -0.15) is 0 Å². The van der Waals surface area contributed by atoms with Crippen LogP contribution in [-0.2, 0) is 16.1 Å². The van der Waals surface area contributed by atoms with E-state index >= 15 is 0 Å². The van der Waals surface area contributed by atoms with Crippen molar-refractivity contribution in [1.29, 1.82) is 0 Å². The summed E-state index contributed by atoms with van der Waals surface area (Å²) >= 11 is 0. The molecule has 1 amide bonds. The predicted octanol–water partition coefficient (Wildman–Crippen LogP) is 1.99. The van der Waals surface area contributed by atoms with Crippen molar-refractivity contribution in [2.45, 2.75) is 20.4 Å². The van der Waals surface area contributed by atoms with Crippen LogP contribution >= 0.6 is 0 Å². The quantitative estimate of drug-likeness (QED) is 0.665. The summed E-state index contributed by atoms with van der Waals surface area (Å²) in [5.74, 6) is -0.128. The van der Waals surface area contributed by atoms with Gasteiger partial charge in [-0.1, -0.05) is 12.1 Å². The Morgan fingerprint density at radius 2 is 2.11 bits per heavy atom. The first-order valence-electron chi connectivity index (χ1n) is 5.50. The molecule has 0 saturated heterocycles. The minimum atomic E-state index is -0.401. The highest BCUT2D eigenvalue weighted by Crippen LogP contribution is 2.29. The second kappa shape index (κ2) is 4.91. The van der Waals surface area contributed by atoms with E-state index in [0.717, 1.165) is 10.9 Å². The molecule has 0 saturated carbocycles. The minimum absolute atomic E-state index is 0.111. The molecule has 5 nitrogen and oxygen atoms in total. The van der Waals surface area contributed by atoms with Crippen LogP contribution in [0.3, 0.4) is 0 Å². The molecule has 0 atom stereocenters. The summed E-state index contributed by atoms with van der Waals surface area (Å²) in [7, 11) is 0. The molecule has 0 radical (unpaired) electrons. The molecule has 94 valence electrons. The maximum absolute atomic E-state index is 11.0. The molecule has 1 aromatic carbocycles. The number of fused-ring (bicyclic) bond motifs is 1. The fraction of sp³-hybridized carbons (Fsp3) is 0.231. The summed E-state index contributed by atoms with van der Waals surface area (Å²) in [6, 6.07) is 5.28. The molecule has 5 heteroatoms. The molecule has 1 heterocycles. The van der Waals surface area contributed by atoms with Gasteiger partial charge in [-0.25, -0.2) is 0 Å². The molecule has 2 aromatic rings. The lowest BCUT2D eigenvalue weighted by molar-refractivity contribution is -0.131. The Balaban J connectivity index is 2.35. The van der Waals surface area contributed by atoms with E-state index in [-0.39, 0.29) is 5.91 Å². The molecule has 1 N–H and O–H groups in total. The smallest absolute Gasteiger partial charge is 0.308 e. The van der Waals surface area contributed by atoms with Crippen LogP contribution in [-0.4, -0.2) is 11.9 Å². The van der Waals surface area contributed by atoms with E-state index in [2.05, 4.69) is 5.32 Å². The lowest BCUT2D eigenvalue weighted by atomic mass is 10.1. The number of hydrogen-bond acceptors (Lipinski definition) is 4. The molecule has 1 aromatic heterocycles. The topological polar surface area (TPSA) is 68.5 Å². The van der Waals surface area contributed by atoms with E-state index in [4.69, 9.17) is 9.15 Å². The number of hydrogen-bond donors (Lipinski definition) is 1. The van der Waals surface area contributed by atoms with E-state index < -0.39 is 5.97 Å². The van der Waals surface area contributed by atoms with Crippen molar-refractivity contribution in [3.05, 3.63) is 30.0 Å². The summed E-state index contributed by atoms with van der Waals surface area (Å²) in [6.45, 7) is 3.17. The zero-order valence-corrected chi connectivity index (χ0v) is 10.1. The van der Waals surface area contributed by atoms with Crippen LogP contribution in [0.2, 0.25) is 0 Å². The molecule has 0 aliphatic rings. The van der Waals surface area contributed by atoms with Gasteiger partial charge in [-0.05, 0) is 6.07 Å². The Labute approximate surface area is 104 Å². The lowest BCUT2D eigenvalue weighted by Gasteiger charge is -2.02. The van der Waals surface area contributed by atoms with Gasteiger partial charge in [0.25, 0.3) is 0 Å². The van der Waals surface area contributed by atoms with Crippen molar-refractivity contribution in [3.8, 4) is 5.75 Å². The number of carbonyl (C=O) groups excluding carboxylic acids is 2. The summed E-state index contributed by atoms with van der Waals surface area (Å²) in [5, 5.41) is 3.52. The van der Waals surface area contributed by atoms with Crippen molar-refractivity contribution in [1.82, 2.24) is 5.32 Å². The highest BCUT2D eigenvalue weighted by atomic mass is 16.5. The summed E-state index contributed by atoms with van der Waals surface area (Å²) in [5.41, 5.74) is 1.35. The SMILES string of the molecule is CC(=O)NCc1coc2c(OC(C)=O)cccc12. The first-order valence-corrected chi connectivity index (χ1v) is 5.50. The number of nitrogens with one attached hydrogen (secondary N) is 1. The van der Waals surface area contributed by atoms with Crippen LogP contribution in [0.1, 0.15) is 19.4 Å². The van der Waals surface area contributed by atoms with Crippen LogP contribution in [0.15, 0.2) is 28.9 Å². The first-order chi connectivity index (χ1) is 8.58. The van der Waals surface area contributed by atoms with Crippen LogP contribution < -0.4 is 10.1 Å². The Kier molecular flexibility index (Phi) is 3.32. The van der Waals surface area contributed by atoms with Crippen molar-refractivity contribution >= 4 is 22.8 Å². The molecule has 0 fully saturated rings. The third-order valence-electron chi connectivity index (χ3n) is 2.43. The number of rotatable bonds is 3. The first kappa shape index (κ1) is 12.2. The fourth-order valence-electron chi connectivity index (χ4n) is 1.68. The predicted molar refractivity (Wildman–Crippen MR) is 65.0 cm³/mol. The summed E-state index contributed by atoms with van der Waals surface area (Å²) in [6.07, 6.45) is 1.55.